The van der Waals surface area contributed by atoms with E-state index in [1.165, 1.54) is 13.0 Å². The van der Waals surface area contributed by atoms with E-state index < -0.39 is 0 Å². The maximum absolute atomic E-state index is 4.20. The van der Waals surface area contributed by atoms with Crippen LogP contribution in [0.15, 0.2) is 12.5 Å². The van der Waals surface area contributed by atoms with Crippen LogP contribution in [0.4, 0.5) is 0 Å². The number of rotatable bonds is 2. The van der Waals surface area contributed by atoms with Crippen molar-refractivity contribution in [2.45, 2.75) is 19.9 Å². The first-order valence-corrected chi connectivity index (χ1v) is 4.53. The largest absolute Gasteiger partial charge is 0.337 e. The molecule has 0 aromatic carbocycles. The lowest BCUT2D eigenvalue weighted by atomic mass is 10.1. The van der Waals surface area contributed by atoms with Gasteiger partial charge in [-0.05, 0) is 32.4 Å². The van der Waals surface area contributed by atoms with Crippen molar-refractivity contribution in [2.75, 3.05) is 13.1 Å². The molecule has 12 heavy (non-hydrogen) atoms. The Morgan fingerprint density at radius 3 is 3.25 bits per heavy atom. The van der Waals surface area contributed by atoms with Gasteiger partial charge in [0, 0.05) is 12.7 Å². The Kier molecular flexibility index (Phi) is 2.13. The Morgan fingerprint density at radius 1 is 1.75 bits per heavy atom. The first kappa shape index (κ1) is 7.80. The zero-order valence-corrected chi connectivity index (χ0v) is 7.45. The van der Waals surface area contributed by atoms with E-state index in [9.17, 15) is 0 Å². The third-order valence-electron chi connectivity index (χ3n) is 2.39. The fourth-order valence-electron chi connectivity index (χ4n) is 1.74. The van der Waals surface area contributed by atoms with Crippen molar-refractivity contribution in [2.24, 2.45) is 5.92 Å². The molecule has 1 aliphatic rings. The van der Waals surface area contributed by atoms with Crippen LogP contribution >= 0.6 is 0 Å². The van der Waals surface area contributed by atoms with E-state index in [1.807, 2.05) is 13.3 Å². The molecule has 0 bridgehead atoms. The highest BCUT2D eigenvalue weighted by Crippen LogP contribution is 2.10. The predicted octanol–water partition coefficient (Wildman–Crippen LogP) is 0.801. The number of aryl methyl sites for hydroxylation is 1. The number of hydrogen-bond acceptors (Lipinski definition) is 2. The Balaban J connectivity index is 1.94. The molecule has 0 aliphatic carbocycles. The van der Waals surface area contributed by atoms with Crippen molar-refractivity contribution >= 4 is 0 Å². The van der Waals surface area contributed by atoms with Crippen LogP contribution in [0, 0.1) is 12.8 Å². The summed E-state index contributed by atoms with van der Waals surface area (Å²) in [7, 11) is 0. The SMILES string of the molecule is Cc1cn(C[C@H]2CCNC2)cn1. The van der Waals surface area contributed by atoms with Gasteiger partial charge in [0.25, 0.3) is 0 Å². The summed E-state index contributed by atoms with van der Waals surface area (Å²) >= 11 is 0. The summed E-state index contributed by atoms with van der Waals surface area (Å²) < 4.78 is 2.19. The average Bonchev–Trinajstić information content (AvgIpc) is 2.63. The van der Waals surface area contributed by atoms with Gasteiger partial charge >= 0.3 is 0 Å². The lowest BCUT2D eigenvalue weighted by molar-refractivity contribution is 0.481. The molecular formula is C9H15N3. The zero-order chi connectivity index (χ0) is 8.39. The van der Waals surface area contributed by atoms with Crippen LogP contribution < -0.4 is 5.32 Å². The maximum Gasteiger partial charge on any atom is 0.0949 e. The minimum absolute atomic E-state index is 0.804. The summed E-state index contributed by atoms with van der Waals surface area (Å²) in [5, 5.41) is 3.37. The molecule has 2 heterocycles. The normalized spacial score (nSPS) is 23.2. The Bertz CT molecular complexity index is 248. The van der Waals surface area contributed by atoms with Crippen LogP contribution in [0.2, 0.25) is 0 Å². The molecule has 3 heteroatoms. The summed E-state index contributed by atoms with van der Waals surface area (Å²) in [6, 6.07) is 0. The smallest absolute Gasteiger partial charge is 0.0949 e. The minimum atomic E-state index is 0.804. The second kappa shape index (κ2) is 3.27. The summed E-state index contributed by atoms with van der Waals surface area (Å²) in [4.78, 5) is 4.20. The van der Waals surface area contributed by atoms with Gasteiger partial charge in [-0.2, -0.15) is 0 Å². The summed E-state index contributed by atoms with van der Waals surface area (Å²) in [6.45, 7) is 5.49. The minimum Gasteiger partial charge on any atom is -0.337 e. The lowest BCUT2D eigenvalue weighted by Gasteiger charge is -2.07. The Hall–Kier alpha value is -0.830. The summed E-state index contributed by atoms with van der Waals surface area (Å²) in [5.41, 5.74) is 1.11. The van der Waals surface area contributed by atoms with E-state index in [1.54, 1.807) is 0 Å². The highest BCUT2D eigenvalue weighted by Gasteiger charge is 2.14. The van der Waals surface area contributed by atoms with Crippen LogP contribution in [0.5, 0.6) is 0 Å². The topological polar surface area (TPSA) is 29.9 Å². The van der Waals surface area contributed by atoms with Gasteiger partial charge in [0.2, 0.25) is 0 Å². The quantitative estimate of drug-likeness (QED) is 0.702. The van der Waals surface area contributed by atoms with Crippen molar-refractivity contribution < 1.29 is 0 Å². The molecular weight excluding hydrogens is 150 g/mol. The third kappa shape index (κ3) is 1.67. The van der Waals surface area contributed by atoms with E-state index in [0.717, 1.165) is 24.7 Å². The molecule has 0 saturated carbocycles. The van der Waals surface area contributed by atoms with Gasteiger partial charge in [-0.25, -0.2) is 4.98 Å². The molecule has 1 fully saturated rings. The van der Waals surface area contributed by atoms with Gasteiger partial charge < -0.3 is 9.88 Å². The summed E-state index contributed by atoms with van der Waals surface area (Å²) in [6.07, 6.45) is 5.34. The molecule has 1 aliphatic heterocycles. The van der Waals surface area contributed by atoms with Crippen LogP contribution in [0.1, 0.15) is 12.1 Å². The van der Waals surface area contributed by atoms with E-state index in [-0.39, 0.29) is 0 Å². The van der Waals surface area contributed by atoms with Gasteiger partial charge in [-0.15, -0.1) is 0 Å². The van der Waals surface area contributed by atoms with Gasteiger partial charge in [-0.1, -0.05) is 0 Å². The molecule has 0 unspecified atom stereocenters. The fraction of sp³-hybridized carbons (Fsp3) is 0.667. The molecule has 1 atom stereocenters. The standard InChI is InChI=1S/C9H15N3/c1-8-5-12(7-11-8)6-9-2-3-10-4-9/h5,7,9-10H,2-4,6H2,1H3/t9-/m0/s1. The molecule has 1 aromatic rings. The number of nitrogens with one attached hydrogen (secondary N) is 1. The number of hydrogen-bond donors (Lipinski definition) is 1. The fourth-order valence-corrected chi connectivity index (χ4v) is 1.74. The third-order valence-corrected chi connectivity index (χ3v) is 2.39. The number of aromatic nitrogens is 2. The van der Waals surface area contributed by atoms with Crippen LogP contribution in [0.25, 0.3) is 0 Å². The Labute approximate surface area is 72.8 Å². The number of nitrogens with zero attached hydrogens (tertiary/aromatic N) is 2. The van der Waals surface area contributed by atoms with E-state index in [4.69, 9.17) is 0 Å². The predicted molar refractivity (Wildman–Crippen MR) is 47.9 cm³/mol. The first-order valence-electron chi connectivity index (χ1n) is 4.53. The zero-order valence-electron chi connectivity index (χ0n) is 7.45. The van der Waals surface area contributed by atoms with Gasteiger partial charge in [0.15, 0.2) is 0 Å². The average molecular weight is 165 g/mol. The Morgan fingerprint density at radius 2 is 2.67 bits per heavy atom. The second-order valence-electron chi connectivity index (χ2n) is 3.57. The van der Waals surface area contributed by atoms with Crippen LogP contribution in [-0.4, -0.2) is 22.6 Å². The second-order valence-corrected chi connectivity index (χ2v) is 3.57. The van der Waals surface area contributed by atoms with Crippen molar-refractivity contribution in [3.63, 3.8) is 0 Å². The van der Waals surface area contributed by atoms with Crippen LogP contribution in [0.3, 0.4) is 0 Å². The molecule has 0 radical (unpaired) electrons. The number of imidazole rings is 1. The molecule has 1 N–H and O–H groups in total. The lowest BCUT2D eigenvalue weighted by Crippen LogP contribution is -2.13. The van der Waals surface area contributed by atoms with Crippen molar-refractivity contribution in [1.82, 2.24) is 14.9 Å². The molecule has 3 nitrogen and oxygen atoms in total. The highest BCUT2D eigenvalue weighted by atomic mass is 15.0. The monoisotopic (exact) mass is 165 g/mol. The van der Waals surface area contributed by atoms with E-state index in [0.29, 0.717) is 0 Å². The highest BCUT2D eigenvalue weighted by molar-refractivity contribution is 4.92. The maximum atomic E-state index is 4.20. The van der Waals surface area contributed by atoms with Gasteiger partial charge in [-0.3, -0.25) is 0 Å². The van der Waals surface area contributed by atoms with E-state index in [2.05, 4.69) is 21.1 Å². The molecule has 0 spiro atoms. The van der Waals surface area contributed by atoms with Crippen molar-refractivity contribution in [1.29, 1.82) is 0 Å². The molecule has 2 rings (SSSR count). The first-order chi connectivity index (χ1) is 5.84. The molecule has 66 valence electrons. The van der Waals surface area contributed by atoms with Crippen LogP contribution in [-0.2, 0) is 6.54 Å². The summed E-state index contributed by atoms with van der Waals surface area (Å²) in [5.74, 6) is 0.804. The van der Waals surface area contributed by atoms with E-state index >= 15 is 0 Å². The van der Waals surface area contributed by atoms with Gasteiger partial charge in [0.05, 0.1) is 12.0 Å². The molecule has 1 aromatic heterocycles. The molecule has 1 saturated heterocycles. The van der Waals surface area contributed by atoms with Gasteiger partial charge in [0.1, 0.15) is 0 Å². The molecule has 0 amide bonds. The van der Waals surface area contributed by atoms with Crippen molar-refractivity contribution in [3.8, 4) is 0 Å². The van der Waals surface area contributed by atoms with Crippen molar-refractivity contribution in [3.05, 3.63) is 18.2 Å².